The molecule has 0 amide bonds. The van der Waals surface area contributed by atoms with Gasteiger partial charge < -0.3 is 9.84 Å². The van der Waals surface area contributed by atoms with Crippen molar-refractivity contribution in [1.82, 2.24) is 0 Å². The number of ether oxygens (including phenoxy) is 1. The van der Waals surface area contributed by atoms with E-state index in [1.54, 1.807) is 0 Å². The Morgan fingerprint density at radius 3 is 2.22 bits per heavy atom. The summed E-state index contributed by atoms with van der Waals surface area (Å²) in [7, 11) is 1.41. The van der Waals surface area contributed by atoms with E-state index in [2.05, 4.69) is 4.74 Å². The van der Waals surface area contributed by atoms with Crippen LogP contribution in [0.25, 0.3) is 0 Å². The van der Waals surface area contributed by atoms with Crippen molar-refractivity contribution < 1.29 is 14.6 Å². The highest BCUT2D eigenvalue weighted by molar-refractivity contribution is 5.85. The number of methoxy groups -OCH3 is 1. The van der Waals surface area contributed by atoms with E-state index in [0.29, 0.717) is 0 Å². The Kier molecular flexibility index (Phi) is 6.73. The van der Waals surface area contributed by atoms with Gasteiger partial charge in [-0.1, -0.05) is 0 Å². The average molecular weight is 153 g/mol. The summed E-state index contributed by atoms with van der Waals surface area (Å²) in [5.41, 5.74) is 0.201. The zero-order valence-electron chi connectivity index (χ0n) is 5.25. The maximum atomic E-state index is 9.94. The molecule has 0 aromatic rings. The van der Waals surface area contributed by atoms with E-state index in [1.807, 2.05) is 0 Å². The molecule has 0 saturated heterocycles. The van der Waals surface area contributed by atoms with Crippen LogP contribution in [0.15, 0.2) is 11.8 Å². The normalized spacial score (nSPS) is 9.78. The van der Waals surface area contributed by atoms with Crippen LogP contribution in [-0.2, 0) is 9.53 Å². The summed E-state index contributed by atoms with van der Waals surface area (Å²) in [6.07, 6.45) is 1.18. The third-order valence-electron chi connectivity index (χ3n) is 0.632. The highest BCUT2D eigenvalue weighted by atomic mass is 35.5. The molecular formula is C5H9ClO3. The molecule has 0 aliphatic heterocycles. The summed E-state index contributed by atoms with van der Waals surface area (Å²) in [5, 5.41) is 8.16. The summed E-state index contributed by atoms with van der Waals surface area (Å²) < 4.78 is 4.42. The number of carbonyl (C=O) groups is 1. The number of carboxylic acids is 1. The number of aliphatic carboxylic acids is 1. The standard InChI is InChI=1S/C5H8O3.ClH/c1-4(3-8-2)5(6)7;/h3H,1-2H3,(H,6,7);1H. The van der Waals surface area contributed by atoms with Gasteiger partial charge in [-0.2, -0.15) is 0 Å². The monoisotopic (exact) mass is 152 g/mol. The third kappa shape index (κ3) is 5.17. The Labute approximate surface area is 59.7 Å². The summed E-state index contributed by atoms with van der Waals surface area (Å²) in [5.74, 6) is -0.952. The molecule has 0 saturated carbocycles. The van der Waals surface area contributed by atoms with Gasteiger partial charge in [0.15, 0.2) is 0 Å². The molecule has 0 atom stereocenters. The number of halogens is 1. The van der Waals surface area contributed by atoms with Crippen LogP contribution < -0.4 is 0 Å². The Morgan fingerprint density at radius 2 is 2.11 bits per heavy atom. The summed E-state index contributed by atoms with van der Waals surface area (Å²) in [4.78, 5) is 9.94. The van der Waals surface area contributed by atoms with Gasteiger partial charge in [0.2, 0.25) is 0 Å². The fourth-order valence-corrected chi connectivity index (χ4v) is 0.227. The molecule has 0 radical (unpaired) electrons. The highest BCUT2D eigenvalue weighted by Crippen LogP contribution is 1.89. The van der Waals surface area contributed by atoms with E-state index in [4.69, 9.17) is 5.11 Å². The van der Waals surface area contributed by atoms with Gasteiger partial charge in [0.25, 0.3) is 0 Å². The highest BCUT2D eigenvalue weighted by Gasteiger charge is 1.96. The predicted octanol–water partition coefficient (Wildman–Crippen LogP) is 1.04. The van der Waals surface area contributed by atoms with E-state index in [1.165, 1.54) is 20.3 Å². The predicted molar refractivity (Wildman–Crippen MR) is 35.6 cm³/mol. The topological polar surface area (TPSA) is 46.5 Å². The lowest BCUT2D eigenvalue weighted by Crippen LogP contribution is -1.95. The van der Waals surface area contributed by atoms with Crippen molar-refractivity contribution in [2.45, 2.75) is 6.92 Å². The zero-order chi connectivity index (χ0) is 6.57. The molecule has 9 heavy (non-hydrogen) atoms. The quantitative estimate of drug-likeness (QED) is 0.475. The van der Waals surface area contributed by atoms with E-state index < -0.39 is 5.97 Å². The van der Waals surface area contributed by atoms with Gasteiger partial charge in [0.05, 0.1) is 18.9 Å². The van der Waals surface area contributed by atoms with Crippen molar-refractivity contribution in [2.24, 2.45) is 0 Å². The molecule has 0 aliphatic carbocycles. The molecule has 54 valence electrons. The summed E-state index contributed by atoms with van der Waals surface area (Å²) in [6.45, 7) is 1.46. The van der Waals surface area contributed by atoms with E-state index in [9.17, 15) is 4.79 Å². The van der Waals surface area contributed by atoms with Crippen molar-refractivity contribution in [3.63, 3.8) is 0 Å². The fourth-order valence-electron chi connectivity index (χ4n) is 0.227. The number of rotatable bonds is 2. The minimum absolute atomic E-state index is 0. The van der Waals surface area contributed by atoms with Crippen molar-refractivity contribution in [3.05, 3.63) is 11.8 Å². The van der Waals surface area contributed by atoms with E-state index in [-0.39, 0.29) is 18.0 Å². The second-order valence-corrected chi connectivity index (χ2v) is 1.34. The largest absolute Gasteiger partial charge is 0.504 e. The van der Waals surface area contributed by atoms with Crippen molar-refractivity contribution in [2.75, 3.05) is 7.11 Å². The maximum Gasteiger partial charge on any atom is 0.334 e. The van der Waals surface area contributed by atoms with Gasteiger partial charge in [-0.05, 0) is 6.92 Å². The van der Waals surface area contributed by atoms with Crippen LogP contribution >= 0.6 is 12.4 Å². The molecule has 0 aromatic carbocycles. The van der Waals surface area contributed by atoms with Crippen LogP contribution in [0.4, 0.5) is 0 Å². The molecule has 0 fully saturated rings. The zero-order valence-corrected chi connectivity index (χ0v) is 6.07. The molecule has 4 heteroatoms. The van der Waals surface area contributed by atoms with Crippen molar-refractivity contribution >= 4 is 18.4 Å². The molecule has 0 aromatic heterocycles. The molecule has 0 aliphatic rings. The first kappa shape index (κ1) is 11.1. The summed E-state index contributed by atoms with van der Waals surface area (Å²) >= 11 is 0. The van der Waals surface area contributed by atoms with Gasteiger partial charge in [0, 0.05) is 0 Å². The SMILES string of the molecule is COC=C(C)C(=O)O.Cl. The molecular weight excluding hydrogens is 144 g/mol. The van der Waals surface area contributed by atoms with Gasteiger partial charge in [-0.3, -0.25) is 0 Å². The van der Waals surface area contributed by atoms with Crippen molar-refractivity contribution in [1.29, 1.82) is 0 Å². The van der Waals surface area contributed by atoms with Crippen LogP contribution in [0.3, 0.4) is 0 Å². The van der Waals surface area contributed by atoms with Crippen LogP contribution in [0.5, 0.6) is 0 Å². The smallest absolute Gasteiger partial charge is 0.334 e. The molecule has 0 unspecified atom stereocenters. The number of hydrogen-bond donors (Lipinski definition) is 1. The molecule has 1 N–H and O–H groups in total. The molecule has 0 bridgehead atoms. The Bertz CT molecular complexity index is 119. The van der Waals surface area contributed by atoms with Gasteiger partial charge in [0.1, 0.15) is 0 Å². The van der Waals surface area contributed by atoms with Gasteiger partial charge in [-0.25, -0.2) is 4.79 Å². The maximum absolute atomic E-state index is 9.94. The third-order valence-corrected chi connectivity index (χ3v) is 0.632. The minimum atomic E-state index is -0.952. The first-order valence-electron chi connectivity index (χ1n) is 2.11. The minimum Gasteiger partial charge on any atom is -0.504 e. The first-order valence-corrected chi connectivity index (χ1v) is 2.11. The summed E-state index contributed by atoms with van der Waals surface area (Å²) in [6, 6.07) is 0. The van der Waals surface area contributed by atoms with Crippen LogP contribution in [0.2, 0.25) is 0 Å². The average Bonchev–Trinajstić information content (AvgIpc) is 1.67. The second-order valence-electron chi connectivity index (χ2n) is 1.34. The molecule has 3 nitrogen and oxygen atoms in total. The number of hydrogen-bond acceptors (Lipinski definition) is 2. The van der Waals surface area contributed by atoms with Crippen LogP contribution in [0, 0.1) is 0 Å². The second kappa shape index (κ2) is 5.44. The molecule has 0 spiro atoms. The fraction of sp³-hybridized carbons (Fsp3) is 0.400. The lowest BCUT2D eigenvalue weighted by molar-refractivity contribution is -0.132. The lowest BCUT2D eigenvalue weighted by atomic mass is 10.4. The first-order chi connectivity index (χ1) is 3.68. The van der Waals surface area contributed by atoms with Gasteiger partial charge in [-0.15, -0.1) is 12.4 Å². The van der Waals surface area contributed by atoms with E-state index in [0.717, 1.165) is 0 Å². The van der Waals surface area contributed by atoms with Gasteiger partial charge >= 0.3 is 5.97 Å². The van der Waals surface area contributed by atoms with Crippen LogP contribution in [0.1, 0.15) is 6.92 Å². The van der Waals surface area contributed by atoms with Crippen LogP contribution in [-0.4, -0.2) is 18.2 Å². The molecule has 0 heterocycles. The van der Waals surface area contributed by atoms with E-state index >= 15 is 0 Å². The lowest BCUT2D eigenvalue weighted by Gasteiger charge is -1.89. The molecule has 0 rings (SSSR count). The van der Waals surface area contributed by atoms with Crippen molar-refractivity contribution in [3.8, 4) is 0 Å². The number of carboxylic acid groups (broad SMARTS) is 1. The Morgan fingerprint density at radius 1 is 1.67 bits per heavy atom. The Hall–Kier alpha value is -0.700. The Balaban J connectivity index is 0.